The van der Waals surface area contributed by atoms with Crippen LogP contribution in [0.5, 0.6) is 5.88 Å². The first-order chi connectivity index (χ1) is 12.0. The summed E-state index contributed by atoms with van der Waals surface area (Å²) < 4.78 is 19.8. The van der Waals surface area contributed by atoms with Crippen LogP contribution in [0.4, 0.5) is 10.1 Å². The Hall–Kier alpha value is -2.93. The minimum atomic E-state index is -0.407. The fourth-order valence-electron chi connectivity index (χ4n) is 2.37. The van der Waals surface area contributed by atoms with E-state index in [0.717, 1.165) is 0 Å². The number of hydrogen-bond acceptors (Lipinski definition) is 4. The van der Waals surface area contributed by atoms with E-state index < -0.39 is 5.82 Å². The number of carbonyl (C=O) groups is 1. The van der Waals surface area contributed by atoms with Gasteiger partial charge in [-0.15, -0.1) is 0 Å². The molecule has 0 saturated heterocycles. The van der Waals surface area contributed by atoms with Crippen LogP contribution >= 0.6 is 11.6 Å². The number of hydrogen-bond donors (Lipinski definition) is 1. The molecule has 0 aliphatic rings. The van der Waals surface area contributed by atoms with Gasteiger partial charge in [0.25, 0.3) is 5.91 Å². The molecule has 0 unspecified atom stereocenters. The zero-order chi connectivity index (χ0) is 18.0. The van der Waals surface area contributed by atoms with Gasteiger partial charge in [-0.05, 0) is 30.3 Å². The lowest BCUT2D eigenvalue weighted by molar-refractivity contribution is 0.102. The molecular weight excluding hydrogens is 347 g/mol. The Labute approximate surface area is 148 Å². The second kappa shape index (κ2) is 6.90. The van der Waals surface area contributed by atoms with Crippen LogP contribution in [0.3, 0.4) is 0 Å². The summed E-state index contributed by atoms with van der Waals surface area (Å²) in [6.45, 7) is 0. The van der Waals surface area contributed by atoms with Crippen LogP contribution in [0.15, 0.2) is 42.7 Å². The van der Waals surface area contributed by atoms with Crippen molar-refractivity contribution in [2.75, 3.05) is 12.4 Å². The highest BCUT2D eigenvalue weighted by Gasteiger charge is 2.17. The third-order valence-electron chi connectivity index (χ3n) is 3.56. The summed E-state index contributed by atoms with van der Waals surface area (Å²) in [6.07, 6.45) is 2.98. The molecule has 0 bridgehead atoms. The molecule has 0 spiro atoms. The van der Waals surface area contributed by atoms with Crippen LogP contribution in [0, 0.1) is 5.82 Å². The van der Waals surface area contributed by atoms with Gasteiger partial charge in [-0.3, -0.25) is 9.48 Å². The topological polar surface area (TPSA) is 69.0 Å². The minimum Gasteiger partial charge on any atom is -0.481 e. The van der Waals surface area contributed by atoms with Crippen LogP contribution in [-0.2, 0) is 7.05 Å². The second-order valence-electron chi connectivity index (χ2n) is 5.21. The highest BCUT2D eigenvalue weighted by molar-refractivity contribution is 6.33. The monoisotopic (exact) mass is 360 g/mol. The Morgan fingerprint density at radius 3 is 2.60 bits per heavy atom. The largest absolute Gasteiger partial charge is 0.481 e. The van der Waals surface area contributed by atoms with E-state index >= 15 is 0 Å². The number of halogens is 2. The maximum atomic E-state index is 13.0. The van der Waals surface area contributed by atoms with E-state index in [1.807, 2.05) is 0 Å². The van der Waals surface area contributed by atoms with Crippen LogP contribution < -0.4 is 10.1 Å². The van der Waals surface area contributed by atoms with Crippen LogP contribution in [-0.4, -0.2) is 27.8 Å². The third-order valence-corrected chi connectivity index (χ3v) is 3.83. The van der Waals surface area contributed by atoms with Gasteiger partial charge in [0.1, 0.15) is 5.82 Å². The quantitative estimate of drug-likeness (QED) is 0.772. The van der Waals surface area contributed by atoms with Crippen molar-refractivity contribution in [3.05, 3.63) is 59.1 Å². The zero-order valence-corrected chi connectivity index (χ0v) is 14.2. The highest BCUT2D eigenvalue weighted by Crippen LogP contribution is 2.34. The summed E-state index contributed by atoms with van der Waals surface area (Å²) in [4.78, 5) is 16.5. The van der Waals surface area contributed by atoms with Gasteiger partial charge in [-0.2, -0.15) is 5.10 Å². The molecule has 3 aromatic rings. The number of amides is 1. The number of ether oxygens (including phenoxy) is 1. The molecule has 1 N–H and O–H groups in total. The zero-order valence-electron chi connectivity index (χ0n) is 13.5. The van der Waals surface area contributed by atoms with Crippen molar-refractivity contribution < 1.29 is 13.9 Å². The lowest BCUT2D eigenvalue weighted by Crippen LogP contribution is -2.12. The van der Waals surface area contributed by atoms with Gasteiger partial charge in [-0.1, -0.05) is 11.6 Å². The van der Waals surface area contributed by atoms with Gasteiger partial charge in [-0.25, -0.2) is 9.37 Å². The molecule has 2 heterocycles. The summed E-state index contributed by atoms with van der Waals surface area (Å²) in [7, 11) is 3.23. The third kappa shape index (κ3) is 3.46. The Kier molecular flexibility index (Phi) is 4.67. The lowest BCUT2D eigenvalue weighted by Gasteiger charge is -2.11. The molecule has 1 aromatic carbocycles. The van der Waals surface area contributed by atoms with Crippen molar-refractivity contribution in [2.24, 2.45) is 7.05 Å². The van der Waals surface area contributed by atoms with Crippen molar-refractivity contribution in [3.63, 3.8) is 0 Å². The Bertz CT molecular complexity index is 905. The summed E-state index contributed by atoms with van der Waals surface area (Å²) >= 11 is 6.19. The van der Waals surface area contributed by atoms with Gasteiger partial charge in [0, 0.05) is 12.6 Å². The van der Waals surface area contributed by atoms with E-state index in [-0.39, 0.29) is 5.91 Å². The molecule has 0 aliphatic carbocycles. The fraction of sp³-hybridized carbons (Fsp3) is 0.118. The lowest BCUT2D eigenvalue weighted by atomic mass is 10.1. The Balaban J connectivity index is 1.94. The number of nitrogens with zero attached hydrogens (tertiary/aromatic N) is 3. The molecule has 128 valence electrons. The molecule has 1 amide bonds. The van der Waals surface area contributed by atoms with Crippen molar-refractivity contribution in [1.29, 1.82) is 0 Å². The smallest absolute Gasteiger partial charge is 0.255 e. The number of anilines is 1. The van der Waals surface area contributed by atoms with E-state index in [9.17, 15) is 9.18 Å². The van der Waals surface area contributed by atoms with Gasteiger partial charge < -0.3 is 10.1 Å². The first-order valence-corrected chi connectivity index (χ1v) is 7.66. The van der Waals surface area contributed by atoms with Gasteiger partial charge in [0.15, 0.2) is 0 Å². The first kappa shape index (κ1) is 16.9. The van der Waals surface area contributed by atoms with Crippen molar-refractivity contribution >= 4 is 23.2 Å². The molecular formula is C17H14ClFN4O2. The number of aryl methyl sites for hydroxylation is 1. The SMILES string of the molecule is COc1ncc(NC(=O)c2ccc(F)cc2)cc1-c1c(Cl)cnn1C. The molecule has 0 fully saturated rings. The predicted molar refractivity (Wildman–Crippen MR) is 92.4 cm³/mol. The molecule has 0 aliphatic heterocycles. The van der Waals surface area contributed by atoms with Gasteiger partial charge in [0.05, 0.1) is 41.5 Å². The number of nitrogens with one attached hydrogen (secondary N) is 1. The fourth-order valence-corrected chi connectivity index (χ4v) is 2.64. The summed E-state index contributed by atoms with van der Waals surface area (Å²) in [5.41, 5.74) is 1.98. The summed E-state index contributed by atoms with van der Waals surface area (Å²) in [5, 5.41) is 7.25. The molecule has 6 nitrogen and oxygen atoms in total. The number of benzene rings is 1. The molecule has 8 heteroatoms. The normalized spacial score (nSPS) is 10.6. The Morgan fingerprint density at radius 1 is 1.28 bits per heavy atom. The van der Waals surface area contributed by atoms with Crippen molar-refractivity contribution in [1.82, 2.24) is 14.8 Å². The highest BCUT2D eigenvalue weighted by atomic mass is 35.5. The summed E-state index contributed by atoms with van der Waals surface area (Å²) in [6, 6.07) is 6.95. The number of pyridine rings is 1. The summed E-state index contributed by atoms with van der Waals surface area (Å²) in [5.74, 6) is -0.435. The number of methoxy groups -OCH3 is 1. The van der Waals surface area contributed by atoms with E-state index in [4.69, 9.17) is 16.3 Å². The molecule has 3 rings (SSSR count). The first-order valence-electron chi connectivity index (χ1n) is 7.28. The van der Waals surface area contributed by atoms with E-state index in [2.05, 4.69) is 15.4 Å². The molecule has 0 atom stereocenters. The molecule has 0 radical (unpaired) electrons. The Morgan fingerprint density at radius 2 is 2.00 bits per heavy atom. The minimum absolute atomic E-state index is 0.331. The molecule has 25 heavy (non-hydrogen) atoms. The maximum Gasteiger partial charge on any atom is 0.255 e. The maximum absolute atomic E-state index is 13.0. The number of rotatable bonds is 4. The van der Waals surface area contributed by atoms with Crippen LogP contribution in [0.25, 0.3) is 11.3 Å². The second-order valence-corrected chi connectivity index (χ2v) is 5.61. The van der Waals surface area contributed by atoms with Gasteiger partial charge >= 0.3 is 0 Å². The predicted octanol–water partition coefficient (Wildman–Crippen LogP) is 3.54. The molecule has 0 saturated carbocycles. The van der Waals surface area contributed by atoms with Crippen LogP contribution in [0.1, 0.15) is 10.4 Å². The van der Waals surface area contributed by atoms with Gasteiger partial charge in [0.2, 0.25) is 5.88 Å². The van der Waals surface area contributed by atoms with Crippen molar-refractivity contribution in [2.45, 2.75) is 0 Å². The van der Waals surface area contributed by atoms with Crippen molar-refractivity contribution in [3.8, 4) is 17.1 Å². The van der Waals surface area contributed by atoms with E-state index in [1.165, 1.54) is 43.8 Å². The average Bonchev–Trinajstić information content (AvgIpc) is 2.94. The molecule has 2 aromatic heterocycles. The number of aromatic nitrogens is 3. The number of carbonyl (C=O) groups excluding carboxylic acids is 1. The van der Waals surface area contributed by atoms with E-state index in [0.29, 0.717) is 33.4 Å². The standard InChI is InChI=1S/C17H14ClFN4O2/c1-23-15(14(18)9-21-23)13-7-12(8-20-17(13)25-2)22-16(24)10-3-5-11(19)6-4-10/h3-9H,1-2H3,(H,22,24). The van der Waals surface area contributed by atoms with E-state index in [1.54, 1.807) is 17.8 Å². The average molecular weight is 361 g/mol. The van der Waals surface area contributed by atoms with Crippen LogP contribution in [0.2, 0.25) is 5.02 Å².